The SMILES string of the molecule is C=CCN(CC)S(=O)(=O)N1CCCCC1CNCC. The minimum Gasteiger partial charge on any atom is -0.315 e. The Morgan fingerprint density at radius 1 is 1.42 bits per heavy atom. The average molecular weight is 289 g/mol. The van der Waals surface area contributed by atoms with E-state index in [0.29, 0.717) is 19.6 Å². The van der Waals surface area contributed by atoms with Gasteiger partial charge in [-0.3, -0.25) is 0 Å². The second kappa shape index (κ2) is 7.99. The van der Waals surface area contributed by atoms with Crippen LogP contribution in [-0.4, -0.2) is 55.8 Å². The highest BCUT2D eigenvalue weighted by molar-refractivity contribution is 7.86. The van der Waals surface area contributed by atoms with Crippen LogP contribution in [0.3, 0.4) is 0 Å². The van der Waals surface area contributed by atoms with E-state index in [9.17, 15) is 8.42 Å². The number of likely N-dealkylation sites (N-methyl/N-ethyl adjacent to an activating group) is 2. The van der Waals surface area contributed by atoms with Gasteiger partial charge in [-0.1, -0.05) is 26.3 Å². The normalized spacial score (nSPS) is 21.7. The van der Waals surface area contributed by atoms with Gasteiger partial charge < -0.3 is 5.32 Å². The van der Waals surface area contributed by atoms with Crippen molar-refractivity contribution in [2.24, 2.45) is 0 Å². The van der Waals surface area contributed by atoms with Gasteiger partial charge in [0.2, 0.25) is 0 Å². The molecular weight excluding hydrogens is 262 g/mol. The standard InChI is InChI=1S/C13H27N3O2S/c1-4-10-15(6-3)19(17,18)16-11-8-7-9-13(16)12-14-5-2/h4,13-14H,1,5-12H2,2-3H3. The van der Waals surface area contributed by atoms with Gasteiger partial charge in [0.25, 0.3) is 10.2 Å². The Bertz CT molecular complexity index is 370. The first-order valence-electron chi connectivity index (χ1n) is 7.16. The average Bonchev–Trinajstić information content (AvgIpc) is 2.42. The van der Waals surface area contributed by atoms with Crippen LogP contribution in [0.1, 0.15) is 33.1 Å². The van der Waals surface area contributed by atoms with Crippen molar-refractivity contribution in [3.8, 4) is 0 Å². The van der Waals surface area contributed by atoms with E-state index in [1.54, 1.807) is 10.4 Å². The summed E-state index contributed by atoms with van der Waals surface area (Å²) in [6.07, 6.45) is 4.64. The highest BCUT2D eigenvalue weighted by atomic mass is 32.2. The largest absolute Gasteiger partial charge is 0.315 e. The Labute approximate surface area is 117 Å². The molecule has 0 amide bonds. The summed E-state index contributed by atoms with van der Waals surface area (Å²) >= 11 is 0. The van der Waals surface area contributed by atoms with E-state index in [-0.39, 0.29) is 6.04 Å². The predicted octanol–water partition coefficient (Wildman–Crippen LogP) is 1.20. The molecule has 0 aromatic heterocycles. The molecule has 1 N–H and O–H groups in total. The van der Waals surface area contributed by atoms with Gasteiger partial charge in [0.1, 0.15) is 0 Å². The van der Waals surface area contributed by atoms with Crippen LogP contribution in [0.4, 0.5) is 0 Å². The molecule has 112 valence electrons. The Morgan fingerprint density at radius 2 is 2.16 bits per heavy atom. The van der Waals surface area contributed by atoms with Gasteiger partial charge in [-0.15, -0.1) is 6.58 Å². The minimum atomic E-state index is -3.36. The molecule has 1 heterocycles. The second-order valence-corrected chi connectivity index (χ2v) is 6.70. The van der Waals surface area contributed by atoms with Gasteiger partial charge in [0.05, 0.1) is 0 Å². The molecule has 1 fully saturated rings. The molecule has 1 atom stereocenters. The maximum absolute atomic E-state index is 12.7. The summed E-state index contributed by atoms with van der Waals surface area (Å²) in [7, 11) is -3.36. The van der Waals surface area contributed by atoms with Crippen molar-refractivity contribution in [1.29, 1.82) is 0 Å². The fourth-order valence-corrected chi connectivity index (χ4v) is 4.30. The molecule has 0 spiro atoms. The number of hydrogen-bond donors (Lipinski definition) is 1. The van der Waals surface area contributed by atoms with Crippen LogP contribution in [0.5, 0.6) is 0 Å². The first-order valence-corrected chi connectivity index (χ1v) is 8.56. The van der Waals surface area contributed by atoms with Crippen molar-refractivity contribution < 1.29 is 8.42 Å². The number of nitrogens with one attached hydrogen (secondary N) is 1. The van der Waals surface area contributed by atoms with E-state index in [2.05, 4.69) is 11.9 Å². The van der Waals surface area contributed by atoms with Crippen molar-refractivity contribution in [2.75, 3.05) is 32.7 Å². The van der Waals surface area contributed by atoms with Gasteiger partial charge in [-0.05, 0) is 19.4 Å². The van der Waals surface area contributed by atoms with E-state index in [4.69, 9.17) is 0 Å². The van der Waals surface area contributed by atoms with Gasteiger partial charge in [-0.25, -0.2) is 0 Å². The minimum absolute atomic E-state index is 0.0811. The predicted molar refractivity (Wildman–Crippen MR) is 79.3 cm³/mol. The quantitative estimate of drug-likeness (QED) is 0.683. The highest BCUT2D eigenvalue weighted by Gasteiger charge is 2.35. The first kappa shape index (κ1) is 16.6. The molecule has 0 aromatic carbocycles. The molecule has 6 heteroatoms. The number of rotatable bonds is 8. The third-order valence-electron chi connectivity index (χ3n) is 3.51. The van der Waals surface area contributed by atoms with Crippen LogP contribution >= 0.6 is 0 Å². The molecule has 5 nitrogen and oxygen atoms in total. The molecule has 0 aromatic rings. The fourth-order valence-electron chi connectivity index (χ4n) is 2.47. The number of piperidine rings is 1. The fraction of sp³-hybridized carbons (Fsp3) is 0.846. The third-order valence-corrected chi connectivity index (χ3v) is 5.64. The Balaban J connectivity index is 2.84. The lowest BCUT2D eigenvalue weighted by atomic mass is 10.1. The molecule has 1 saturated heterocycles. The smallest absolute Gasteiger partial charge is 0.282 e. The lowest BCUT2D eigenvalue weighted by molar-refractivity contribution is 0.230. The summed E-state index contributed by atoms with van der Waals surface area (Å²) in [6, 6.07) is 0.0811. The molecule has 1 unspecified atom stereocenters. The summed E-state index contributed by atoms with van der Waals surface area (Å²) < 4.78 is 28.5. The molecule has 0 radical (unpaired) electrons. The molecule has 0 bridgehead atoms. The number of hydrogen-bond acceptors (Lipinski definition) is 3. The van der Waals surface area contributed by atoms with Crippen LogP contribution in [0, 0.1) is 0 Å². The molecule has 1 aliphatic rings. The Morgan fingerprint density at radius 3 is 2.74 bits per heavy atom. The van der Waals surface area contributed by atoms with Crippen LogP contribution in [0.25, 0.3) is 0 Å². The summed E-state index contributed by atoms with van der Waals surface area (Å²) in [4.78, 5) is 0. The Kier molecular flexibility index (Phi) is 6.99. The molecule has 0 aliphatic carbocycles. The van der Waals surface area contributed by atoms with E-state index in [0.717, 1.165) is 32.4 Å². The van der Waals surface area contributed by atoms with Gasteiger partial charge in [0, 0.05) is 32.2 Å². The van der Waals surface area contributed by atoms with Crippen molar-refractivity contribution >= 4 is 10.2 Å². The van der Waals surface area contributed by atoms with Crippen molar-refractivity contribution in [3.63, 3.8) is 0 Å². The van der Waals surface area contributed by atoms with Gasteiger partial charge in [0.15, 0.2) is 0 Å². The molecular formula is C13H27N3O2S. The molecule has 19 heavy (non-hydrogen) atoms. The lowest BCUT2D eigenvalue weighted by Gasteiger charge is -2.37. The van der Waals surface area contributed by atoms with Gasteiger partial charge >= 0.3 is 0 Å². The van der Waals surface area contributed by atoms with Crippen LogP contribution in [-0.2, 0) is 10.2 Å². The first-order chi connectivity index (χ1) is 9.07. The van der Waals surface area contributed by atoms with Gasteiger partial charge in [-0.2, -0.15) is 17.0 Å². The number of nitrogens with zero attached hydrogens (tertiary/aromatic N) is 2. The zero-order valence-corrected chi connectivity index (χ0v) is 13.0. The molecule has 0 saturated carbocycles. The maximum atomic E-state index is 12.7. The van der Waals surface area contributed by atoms with Crippen molar-refractivity contribution in [3.05, 3.63) is 12.7 Å². The Hall–Kier alpha value is -0.430. The monoisotopic (exact) mass is 289 g/mol. The topological polar surface area (TPSA) is 52.7 Å². The molecule has 1 aliphatic heterocycles. The van der Waals surface area contributed by atoms with Crippen molar-refractivity contribution in [1.82, 2.24) is 13.9 Å². The van der Waals surface area contributed by atoms with Crippen LogP contribution in [0.2, 0.25) is 0 Å². The second-order valence-electron chi connectivity index (χ2n) is 4.82. The lowest BCUT2D eigenvalue weighted by Crippen LogP contribution is -2.53. The summed E-state index contributed by atoms with van der Waals surface area (Å²) in [6.45, 7) is 10.6. The zero-order valence-electron chi connectivity index (χ0n) is 12.1. The highest BCUT2D eigenvalue weighted by Crippen LogP contribution is 2.22. The summed E-state index contributed by atoms with van der Waals surface area (Å²) in [5, 5.41) is 3.26. The van der Waals surface area contributed by atoms with E-state index >= 15 is 0 Å². The zero-order chi connectivity index (χ0) is 14.3. The third kappa shape index (κ3) is 4.27. The maximum Gasteiger partial charge on any atom is 0.282 e. The van der Waals surface area contributed by atoms with Crippen molar-refractivity contribution in [2.45, 2.75) is 39.2 Å². The van der Waals surface area contributed by atoms with Crippen LogP contribution < -0.4 is 5.32 Å². The van der Waals surface area contributed by atoms with E-state index < -0.39 is 10.2 Å². The summed E-state index contributed by atoms with van der Waals surface area (Å²) in [5.74, 6) is 0. The molecule has 1 rings (SSSR count). The van der Waals surface area contributed by atoms with E-state index in [1.165, 1.54) is 4.31 Å². The van der Waals surface area contributed by atoms with E-state index in [1.807, 2.05) is 13.8 Å². The van der Waals surface area contributed by atoms with Crippen LogP contribution in [0.15, 0.2) is 12.7 Å². The summed E-state index contributed by atoms with van der Waals surface area (Å²) in [5.41, 5.74) is 0.